The molecule has 10 heteroatoms. The van der Waals surface area contributed by atoms with Crippen molar-refractivity contribution in [2.24, 2.45) is 0 Å². The molecule has 0 spiro atoms. The van der Waals surface area contributed by atoms with Gasteiger partial charge in [0.2, 0.25) is 5.13 Å². The van der Waals surface area contributed by atoms with Gasteiger partial charge in [-0.1, -0.05) is 39.0 Å². The topological polar surface area (TPSA) is 90.4 Å². The fourth-order valence-corrected chi connectivity index (χ4v) is 3.20. The molecule has 122 valence electrons. The molecule has 0 atom stereocenters. The van der Waals surface area contributed by atoms with Crippen LogP contribution in [0.1, 0.15) is 0 Å². The van der Waals surface area contributed by atoms with E-state index in [0.717, 1.165) is 4.47 Å². The van der Waals surface area contributed by atoms with Crippen LogP contribution in [0.3, 0.4) is 0 Å². The van der Waals surface area contributed by atoms with Gasteiger partial charge in [0.1, 0.15) is 5.75 Å². The van der Waals surface area contributed by atoms with Crippen molar-refractivity contribution in [1.82, 2.24) is 10.2 Å². The van der Waals surface area contributed by atoms with Crippen LogP contribution in [0.4, 0.5) is 5.13 Å². The number of esters is 1. The lowest BCUT2D eigenvalue weighted by Crippen LogP contribution is -2.20. The van der Waals surface area contributed by atoms with E-state index >= 15 is 0 Å². The summed E-state index contributed by atoms with van der Waals surface area (Å²) in [6, 6.07) is 7.15. The first-order valence-corrected chi connectivity index (χ1v) is 8.87. The minimum atomic E-state index is -0.348. The molecule has 0 aliphatic carbocycles. The molecule has 1 N–H and O–H groups in total. The molecule has 0 radical (unpaired) electrons. The largest absolute Gasteiger partial charge is 0.484 e. The Morgan fingerprint density at radius 3 is 2.74 bits per heavy atom. The molecule has 1 aromatic carbocycles. The summed E-state index contributed by atoms with van der Waals surface area (Å²) in [5.74, 6) is 0.0494. The highest BCUT2D eigenvalue weighted by Crippen LogP contribution is 2.25. The Bertz CT molecular complexity index is 678. The predicted molar refractivity (Wildman–Crippen MR) is 90.9 cm³/mol. The minimum absolute atomic E-state index is 0.133. The first-order chi connectivity index (χ1) is 11.1. The Morgan fingerprint density at radius 1 is 1.30 bits per heavy atom. The quantitative estimate of drug-likeness (QED) is 0.420. The van der Waals surface area contributed by atoms with Crippen molar-refractivity contribution >= 4 is 56.0 Å². The lowest BCUT2D eigenvalue weighted by atomic mass is 10.3. The summed E-state index contributed by atoms with van der Waals surface area (Å²) in [6.07, 6.45) is 0. The summed E-state index contributed by atoms with van der Waals surface area (Å²) in [7, 11) is 1.32. The number of anilines is 1. The smallest absolute Gasteiger partial charge is 0.316 e. The van der Waals surface area contributed by atoms with Gasteiger partial charge in [0.05, 0.1) is 12.9 Å². The van der Waals surface area contributed by atoms with Gasteiger partial charge in [0.25, 0.3) is 5.91 Å². The van der Waals surface area contributed by atoms with Gasteiger partial charge in [-0.2, -0.15) is 0 Å². The van der Waals surface area contributed by atoms with Crippen LogP contribution in [0.25, 0.3) is 0 Å². The number of benzene rings is 1. The summed E-state index contributed by atoms with van der Waals surface area (Å²) in [4.78, 5) is 22.8. The monoisotopic (exact) mass is 417 g/mol. The van der Waals surface area contributed by atoms with E-state index in [2.05, 4.69) is 36.2 Å². The maximum Gasteiger partial charge on any atom is 0.316 e. The number of nitrogens with zero attached hydrogens (tertiary/aromatic N) is 2. The number of methoxy groups -OCH3 is 1. The van der Waals surface area contributed by atoms with Crippen LogP contribution >= 0.6 is 39.0 Å². The Labute approximate surface area is 148 Å². The second-order valence-electron chi connectivity index (χ2n) is 4.03. The van der Waals surface area contributed by atoms with Gasteiger partial charge in [-0.3, -0.25) is 14.9 Å². The standard InChI is InChI=1S/C13H12BrN3O4S2/c1-20-11(19)7-22-13-17-16-12(23-13)15-10(18)6-21-9-4-2-8(14)3-5-9/h2-5H,6-7H2,1H3,(H,15,16,18). The molecule has 1 amide bonds. The molecule has 2 rings (SSSR count). The van der Waals surface area contributed by atoms with Gasteiger partial charge in [-0.15, -0.1) is 10.2 Å². The third kappa shape index (κ3) is 6.16. The van der Waals surface area contributed by atoms with Crippen LogP contribution in [0.2, 0.25) is 0 Å². The van der Waals surface area contributed by atoms with E-state index in [1.165, 1.54) is 30.2 Å². The molecule has 1 heterocycles. The molecule has 0 unspecified atom stereocenters. The molecule has 1 aromatic heterocycles. The first kappa shape index (κ1) is 17.7. The van der Waals surface area contributed by atoms with Crippen LogP contribution in [-0.2, 0) is 14.3 Å². The van der Waals surface area contributed by atoms with Crippen LogP contribution in [0.15, 0.2) is 33.1 Å². The SMILES string of the molecule is COC(=O)CSc1nnc(NC(=O)COc2ccc(Br)cc2)s1. The van der Waals surface area contributed by atoms with Crippen molar-refractivity contribution in [3.63, 3.8) is 0 Å². The van der Waals surface area contributed by atoms with Crippen LogP contribution in [0.5, 0.6) is 5.75 Å². The fourth-order valence-electron chi connectivity index (χ4n) is 1.33. The van der Waals surface area contributed by atoms with Crippen molar-refractivity contribution in [1.29, 1.82) is 0 Å². The Morgan fingerprint density at radius 2 is 2.04 bits per heavy atom. The van der Waals surface area contributed by atoms with Crippen molar-refractivity contribution in [3.05, 3.63) is 28.7 Å². The van der Waals surface area contributed by atoms with Crippen LogP contribution in [-0.4, -0.2) is 41.5 Å². The average Bonchev–Trinajstić information content (AvgIpc) is 2.99. The average molecular weight is 418 g/mol. The Kier molecular flexibility index (Phi) is 6.81. The number of carbonyl (C=O) groups is 2. The van der Waals surface area contributed by atoms with Gasteiger partial charge in [0.15, 0.2) is 10.9 Å². The minimum Gasteiger partial charge on any atom is -0.484 e. The summed E-state index contributed by atoms with van der Waals surface area (Å²) < 4.78 is 11.4. The zero-order chi connectivity index (χ0) is 16.7. The second kappa shape index (κ2) is 8.85. The fraction of sp³-hybridized carbons (Fsp3) is 0.231. The van der Waals surface area contributed by atoms with Crippen LogP contribution < -0.4 is 10.1 Å². The van der Waals surface area contributed by atoms with E-state index in [9.17, 15) is 9.59 Å². The molecule has 0 saturated heterocycles. The van der Waals surface area contributed by atoms with E-state index in [1.54, 1.807) is 12.1 Å². The van der Waals surface area contributed by atoms with Crippen molar-refractivity contribution in [2.45, 2.75) is 4.34 Å². The Hall–Kier alpha value is -1.65. The highest BCUT2D eigenvalue weighted by atomic mass is 79.9. The summed E-state index contributed by atoms with van der Waals surface area (Å²) in [5.41, 5.74) is 0. The summed E-state index contributed by atoms with van der Waals surface area (Å²) in [5, 5.41) is 10.6. The Balaban J connectivity index is 1.77. The molecule has 0 fully saturated rings. The molecule has 23 heavy (non-hydrogen) atoms. The number of ether oxygens (including phenoxy) is 2. The number of carbonyl (C=O) groups excluding carboxylic acids is 2. The number of nitrogens with one attached hydrogen (secondary N) is 1. The van der Waals surface area contributed by atoms with Crippen molar-refractivity contribution < 1.29 is 19.1 Å². The summed E-state index contributed by atoms with van der Waals surface area (Å²) >= 11 is 5.69. The van der Waals surface area contributed by atoms with Crippen molar-refractivity contribution in [3.8, 4) is 5.75 Å². The molecule has 0 aliphatic rings. The van der Waals surface area contributed by atoms with Crippen molar-refractivity contribution in [2.75, 3.05) is 24.8 Å². The van der Waals surface area contributed by atoms with E-state index < -0.39 is 0 Å². The number of hydrogen-bond acceptors (Lipinski definition) is 8. The van der Waals surface area contributed by atoms with Crippen LogP contribution in [0, 0.1) is 0 Å². The number of halogens is 1. The molecular formula is C13H12BrN3O4S2. The van der Waals surface area contributed by atoms with Gasteiger partial charge < -0.3 is 9.47 Å². The number of amides is 1. The number of aromatic nitrogens is 2. The second-order valence-corrected chi connectivity index (χ2v) is 7.14. The molecule has 2 aromatic rings. The first-order valence-electron chi connectivity index (χ1n) is 6.28. The molecule has 0 saturated carbocycles. The lowest BCUT2D eigenvalue weighted by molar-refractivity contribution is -0.137. The molecular weight excluding hydrogens is 406 g/mol. The highest BCUT2D eigenvalue weighted by Gasteiger charge is 2.11. The maximum absolute atomic E-state index is 11.8. The maximum atomic E-state index is 11.8. The number of hydrogen-bond donors (Lipinski definition) is 1. The van der Waals surface area contributed by atoms with Gasteiger partial charge in [0, 0.05) is 4.47 Å². The lowest BCUT2D eigenvalue weighted by Gasteiger charge is -2.05. The van der Waals surface area contributed by atoms with E-state index in [4.69, 9.17) is 4.74 Å². The van der Waals surface area contributed by atoms with Gasteiger partial charge in [-0.05, 0) is 24.3 Å². The molecule has 0 bridgehead atoms. The molecule has 7 nitrogen and oxygen atoms in total. The van der Waals surface area contributed by atoms with Gasteiger partial charge >= 0.3 is 5.97 Å². The predicted octanol–water partition coefficient (Wildman–Crippen LogP) is 2.58. The number of rotatable bonds is 7. The highest BCUT2D eigenvalue weighted by molar-refractivity contribution is 9.10. The zero-order valence-electron chi connectivity index (χ0n) is 11.9. The van der Waals surface area contributed by atoms with E-state index in [0.29, 0.717) is 15.2 Å². The van der Waals surface area contributed by atoms with E-state index in [1.807, 2.05) is 12.1 Å². The summed E-state index contributed by atoms with van der Waals surface area (Å²) in [6.45, 7) is -0.133. The molecule has 0 aliphatic heterocycles. The zero-order valence-corrected chi connectivity index (χ0v) is 15.2. The third-order valence-corrected chi connectivity index (χ3v) is 4.85. The van der Waals surface area contributed by atoms with Gasteiger partial charge in [-0.25, -0.2) is 0 Å². The van der Waals surface area contributed by atoms with E-state index in [-0.39, 0.29) is 24.2 Å². The number of thioether (sulfide) groups is 1. The normalized spacial score (nSPS) is 10.2. The third-order valence-electron chi connectivity index (χ3n) is 2.38.